The van der Waals surface area contributed by atoms with Gasteiger partial charge in [-0.05, 0) is 32.7 Å². The van der Waals surface area contributed by atoms with Crippen LogP contribution < -0.4 is 10.6 Å². The third kappa shape index (κ3) is 10.3. The molecule has 1 amide bonds. The molecule has 0 bridgehead atoms. The number of ether oxygens (including phenoxy) is 1. The average molecular weight is 300 g/mol. The molecule has 3 N–H and O–H groups in total. The Balaban J connectivity index is 4.09. The molecule has 0 heterocycles. The van der Waals surface area contributed by atoms with Crippen LogP contribution in [-0.2, 0) is 9.53 Å². The Bertz CT molecular complexity index is 295. The predicted octanol–water partition coefficient (Wildman–Crippen LogP) is 1.96. The highest BCUT2D eigenvalue weighted by molar-refractivity contribution is 5.77. The van der Waals surface area contributed by atoms with Crippen LogP contribution in [-0.4, -0.2) is 43.4 Å². The Morgan fingerprint density at radius 2 is 1.95 bits per heavy atom. The van der Waals surface area contributed by atoms with E-state index in [0.717, 1.165) is 38.6 Å². The Morgan fingerprint density at radius 3 is 2.52 bits per heavy atom. The highest BCUT2D eigenvalue weighted by Crippen LogP contribution is 2.07. The second-order valence-electron chi connectivity index (χ2n) is 5.40. The number of methoxy groups -OCH3 is 1. The zero-order valence-corrected chi connectivity index (χ0v) is 13.8. The van der Waals surface area contributed by atoms with Gasteiger partial charge >= 0.3 is 0 Å². The molecule has 0 aromatic rings. The first-order chi connectivity index (χ1) is 10.0. The monoisotopic (exact) mass is 300 g/mol. The molecule has 2 unspecified atom stereocenters. The van der Waals surface area contributed by atoms with Crippen molar-refractivity contribution in [1.29, 1.82) is 0 Å². The van der Waals surface area contributed by atoms with Gasteiger partial charge in [-0.15, -0.1) is 0 Å². The van der Waals surface area contributed by atoms with Crippen molar-refractivity contribution < 1.29 is 14.6 Å². The van der Waals surface area contributed by atoms with Gasteiger partial charge in [0.05, 0.1) is 13.2 Å². The normalized spacial score (nSPS) is 13.5. The molecule has 21 heavy (non-hydrogen) atoms. The molecule has 0 fully saturated rings. The van der Waals surface area contributed by atoms with Crippen LogP contribution >= 0.6 is 0 Å². The molecule has 0 radical (unpaired) electrons. The van der Waals surface area contributed by atoms with Crippen LogP contribution in [0.3, 0.4) is 0 Å². The van der Waals surface area contributed by atoms with Crippen LogP contribution in [0.15, 0.2) is 12.3 Å². The van der Waals surface area contributed by atoms with Crippen molar-refractivity contribution in [3.8, 4) is 0 Å². The number of carbonyl (C=O) groups is 1. The van der Waals surface area contributed by atoms with Gasteiger partial charge in [0.2, 0.25) is 5.91 Å². The van der Waals surface area contributed by atoms with E-state index >= 15 is 0 Å². The van der Waals surface area contributed by atoms with Crippen LogP contribution in [0.2, 0.25) is 0 Å². The summed E-state index contributed by atoms with van der Waals surface area (Å²) in [5, 5.41) is 15.0. The van der Waals surface area contributed by atoms with E-state index in [1.54, 1.807) is 7.11 Å². The molecule has 0 saturated carbocycles. The molecule has 0 rings (SSSR count). The van der Waals surface area contributed by atoms with E-state index in [0.29, 0.717) is 12.2 Å². The maximum absolute atomic E-state index is 11.9. The van der Waals surface area contributed by atoms with E-state index in [4.69, 9.17) is 9.84 Å². The van der Waals surface area contributed by atoms with E-state index in [-0.39, 0.29) is 24.6 Å². The third-order valence-corrected chi connectivity index (χ3v) is 3.54. The molecule has 0 aliphatic rings. The highest BCUT2D eigenvalue weighted by atomic mass is 16.5. The molecule has 0 aliphatic heterocycles. The minimum Gasteiger partial charge on any atom is -0.500 e. The van der Waals surface area contributed by atoms with Crippen LogP contribution in [0.5, 0.6) is 0 Å². The predicted molar refractivity (Wildman–Crippen MR) is 86.0 cm³/mol. The van der Waals surface area contributed by atoms with Gasteiger partial charge in [0, 0.05) is 19.1 Å². The SMILES string of the molecule is C=C(OC)C(CC(=O)NC(C)CC)NCCCCCCO. The lowest BCUT2D eigenvalue weighted by Gasteiger charge is -2.21. The highest BCUT2D eigenvalue weighted by Gasteiger charge is 2.17. The van der Waals surface area contributed by atoms with Crippen molar-refractivity contribution in [3.63, 3.8) is 0 Å². The zero-order valence-electron chi connectivity index (χ0n) is 13.8. The first-order valence-corrected chi connectivity index (χ1v) is 7.91. The van der Waals surface area contributed by atoms with Crippen molar-refractivity contribution in [2.75, 3.05) is 20.3 Å². The summed E-state index contributed by atoms with van der Waals surface area (Å²) in [5.74, 6) is 0.602. The minimum atomic E-state index is -0.156. The number of hydrogen-bond acceptors (Lipinski definition) is 4. The van der Waals surface area contributed by atoms with Crippen LogP contribution in [0, 0.1) is 0 Å². The van der Waals surface area contributed by atoms with E-state index in [1.165, 1.54) is 0 Å². The number of hydrogen-bond donors (Lipinski definition) is 3. The van der Waals surface area contributed by atoms with Crippen LogP contribution in [0.1, 0.15) is 52.4 Å². The van der Waals surface area contributed by atoms with E-state index < -0.39 is 0 Å². The summed E-state index contributed by atoms with van der Waals surface area (Å²) in [5.41, 5.74) is 0. The van der Waals surface area contributed by atoms with Gasteiger partial charge in [-0.25, -0.2) is 0 Å². The Morgan fingerprint density at radius 1 is 1.29 bits per heavy atom. The number of aliphatic hydroxyl groups is 1. The van der Waals surface area contributed by atoms with Gasteiger partial charge in [0.15, 0.2) is 0 Å². The van der Waals surface area contributed by atoms with Gasteiger partial charge < -0.3 is 20.5 Å². The summed E-state index contributed by atoms with van der Waals surface area (Å²) in [6.45, 7) is 8.96. The second-order valence-corrected chi connectivity index (χ2v) is 5.40. The fourth-order valence-corrected chi connectivity index (χ4v) is 1.93. The summed E-state index contributed by atoms with van der Waals surface area (Å²) in [6, 6.07) is 0.0318. The van der Waals surface area contributed by atoms with Gasteiger partial charge in [-0.2, -0.15) is 0 Å². The van der Waals surface area contributed by atoms with Crippen molar-refractivity contribution in [2.45, 2.75) is 64.5 Å². The molecule has 0 spiro atoms. The molecule has 2 atom stereocenters. The lowest BCUT2D eigenvalue weighted by molar-refractivity contribution is -0.122. The largest absolute Gasteiger partial charge is 0.500 e. The third-order valence-electron chi connectivity index (χ3n) is 3.54. The van der Waals surface area contributed by atoms with Gasteiger partial charge in [-0.3, -0.25) is 4.79 Å². The number of carbonyl (C=O) groups excluding carboxylic acids is 1. The molecule has 0 saturated heterocycles. The number of nitrogens with one attached hydrogen (secondary N) is 2. The lowest BCUT2D eigenvalue weighted by atomic mass is 10.1. The van der Waals surface area contributed by atoms with Crippen molar-refractivity contribution in [3.05, 3.63) is 12.3 Å². The number of unbranched alkanes of at least 4 members (excludes halogenated alkanes) is 3. The summed E-state index contributed by atoms with van der Waals surface area (Å²) in [6.07, 6.45) is 5.22. The summed E-state index contributed by atoms with van der Waals surface area (Å²) >= 11 is 0. The summed E-state index contributed by atoms with van der Waals surface area (Å²) in [4.78, 5) is 11.9. The topological polar surface area (TPSA) is 70.6 Å². The fourth-order valence-electron chi connectivity index (χ4n) is 1.93. The summed E-state index contributed by atoms with van der Waals surface area (Å²) in [7, 11) is 1.57. The Kier molecular flexibility index (Phi) is 12.0. The summed E-state index contributed by atoms with van der Waals surface area (Å²) < 4.78 is 5.17. The van der Waals surface area contributed by atoms with Crippen LogP contribution in [0.25, 0.3) is 0 Å². The van der Waals surface area contributed by atoms with E-state index in [9.17, 15) is 4.79 Å². The molecule has 5 heteroatoms. The number of aliphatic hydroxyl groups excluding tert-OH is 1. The van der Waals surface area contributed by atoms with E-state index in [1.807, 2.05) is 13.8 Å². The molecule has 0 aromatic heterocycles. The standard InChI is InChI=1S/C16H32N2O3/c1-5-13(2)18-16(20)12-15(14(3)21-4)17-10-8-6-7-9-11-19/h13,15,17,19H,3,5-12H2,1-2,4H3,(H,18,20). The van der Waals surface area contributed by atoms with Crippen molar-refractivity contribution >= 4 is 5.91 Å². The van der Waals surface area contributed by atoms with E-state index in [2.05, 4.69) is 17.2 Å². The van der Waals surface area contributed by atoms with Crippen LogP contribution in [0.4, 0.5) is 0 Å². The number of rotatable bonds is 13. The lowest BCUT2D eigenvalue weighted by Crippen LogP contribution is -2.40. The molecule has 5 nitrogen and oxygen atoms in total. The first-order valence-electron chi connectivity index (χ1n) is 7.91. The van der Waals surface area contributed by atoms with Gasteiger partial charge in [0.1, 0.15) is 5.76 Å². The fraction of sp³-hybridized carbons (Fsp3) is 0.812. The van der Waals surface area contributed by atoms with Crippen molar-refractivity contribution in [2.24, 2.45) is 0 Å². The van der Waals surface area contributed by atoms with Gasteiger partial charge in [0.25, 0.3) is 0 Å². The second kappa shape index (κ2) is 12.7. The first kappa shape index (κ1) is 19.9. The molecule has 124 valence electrons. The van der Waals surface area contributed by atoms with Gasteiger partial charge in [-0.1, -0.05) is 26.3 Å². The average Bonchev–Trinajstić information content (AvgIpc) is 2.48. The maximum atomic E-state index is 11.9. The molecule has 0 aliphatic carbocycles. The van der Waals surface area contributed by atoms with Crippen molar-refractivity contribution in [1.82, 2.24) is 10.6 Å². The minimum absolute atomic E-state index is 0.0142. The molecular weight excluding hydrogens is 268 g/mol. The zero-order chi connectivity index (χ0) is 16.1. The smallest absolute Gasteiger partial charge is 0.222 e. The Hall–Kier alpha value is -1.07. The quantitative estimate of drug-likeness (QED) is 0.359. The molecule has 0 aromatic carbocycles. The maximum Gasteiger partial charge on any atom is 0.222 e. The number of amides is 1. The molecular formula is C16H32N2O3. The Labute approximate surface area is 129 Å².